The van der Waals surface area contributed by atoms with Crippen LogP contribution >= 0.6 is 0 Å². The van der Waals surface area contributed by atoms with Gasteiger partial charge in [0.2, 0.25) is 0 Å². The first kappa shape index (κ1) is 13.7. The first-order valence-corrected chi connectivity index (χ1v) is 6.93. The first-order valence-electron chi connectivity index (χ1n) is 6.93. The van der Waals surface area contributed by atoms with Crippen LogP contribution in [0.2, 0.25) is 0 Å². The molecule has 1 aliphatic rings. The van der Waals surface area contributed by atoms with Gasteiger partial charge in [-0.1, -0.05) is 19.8 Å². The van der Waals surface area contributed by atoms with Gasteiger partial charge in [-0.2, -0.15) is 0 Å². The normalized spacial score (nSPS) is 23.0. The molecule has 0 saturated heterocycles. The van der Waals surface area contributed by atoms with Crippen molar-refractivity contribution in [3.8, 4) is 5.75 Å². The molecule has 0 spiro atoms. The Morgan fingerprint density at radius 1 is 1.37 bits per heavy atom. The number of hydrogen-bond acceptors (Lipinski definition) is 3. The number of nitrogen functional groups attached to an aromatic ring is 1. The molecule has 1 aromatic carbocycles. The van der Waals surface area contributed by atoms with Crippen LogP contribution in [0.4, 0.5) is 5.69 Å². The molecule has 0 bridgehead atoms. The van der Waals surface area contributed by atoms with Crippen LogP contribution in [0.3, 0.4) is 0 Å². The van der Waals surface area contributed by atoms with Gasteiger partial charge in [-0.05, 0) is 42.9 Å². The summed E-state index contributed by atoms with van der Waals surface area (Å²) in [5.74, 6) is 1.24. The number of benzene rings is 1. The molecule has 0 heterocycles. The fourth-order valence-corrected chi connectivity index (χ4v) is 2.61. The van der Waals surface area contributed by atoms with Crippen molar-refractivity contribution >= 4 is 11.6 Å². The predicted octanol–water partition coefficient (Wildman–Crippen LogP) is 2.53. The summed E-state index contributed by atoms with van der Waals surface area (Å²) in [6.45, 7) is 2.98. The van der Waals surface area contributed by atoms with E-state index in [2.05, 4.69) is 12.2 Å². The number of rotatable bonds is 3. The molecule has 0 radical (unpaired) electrons. The summed E-state index contributed by atoms with van der Waals surface area (Å²) in [7, 11) is 0. The average Bonchev–Trinajstić information content (AvgIpc) is 2.40. The molecule has 19 heavy (non-hydrogen) atoms. The van der Waals surface area contributed by atoms with Gasteiger partial charge in [0.15, 0.2) is 0 Å². The minimum atomic E-state index is -0.202. The molecule has 1 aliphatic carbocycles. The minimum Gasteiger partial charge on any atom is -0.508 e. The van der Waals surface area contributed by atoms with Crippen LogP contribution in [0.1, 0.15) is 43.0 Å². The predicted molar refractivity (Wildman–Crippen MR) is 76.0 cm³/mol. The molecule has 2 rings (SSSR count). The Hall–Kier alpha value is -1.71. The lowest BCUT2D eigenvalue weighted by atomic mass is 9.83. The molecule has 1 saturated carbocycles. The molecule has 0 aliphatic heterocycles. The van der Waals surface area contributed by atoms with Crippen molar-refractivity contribution in [1.29, 1.82) is 0 Å². The summed E-state index contributed by atoms with van der Waals surface area (Å²) in [6.07, 6.45) is 4.84. The highest BCUT2D eigenvalue weighted by Crippen LogP contribution is 2.27. The van der Waals surface area contributed by atoms with E-state index in [1.54, 1.807) is 6.07 Å². The Labute approximate surface area is 114 Å². The Kier molecular flexibility index (Phi) is 4.30. The summed E-state index contributed by atoms with van der Waals surface area (Å²) < 4.78 is 0. The van der Waals surface area contributed by atoms with E-state index >= 15 is 0 Å². The highest BCUT2D eigenvalue weighted by molar-refractivity contribution is 5.99. The lowest BCUT2D eigenvalue weighted by Crippen LogP contribution is -2.31. The molecule has 1 aromatic rings. The van der Waals surface area contributed by atoms with Gasteiger partial charge in [-0.15, -0.1) is 0 Å². The van der Waals surface area contributed by atoms with E-state index in [-0.39, 0.29) is 11.7 Å². The number of phenolic OH excluding ortho intramolecular Hbond substituents is 1. The Morgan fingerprint density at radius 2 is 2.05 bits per heavy atom. The van der Waals surface area contributed by atoms with Gasteiger partial charge < -0.3 is 16.2 Å². The molecule has 4 nitrogen and oxygen atoms in total. The van der Waals surface area contributed by atoms with Crippen LogP contribution in [0.5, 0.6) is 5.75 Å². The standard InChI is InChI=1S/C15H22N2O2/c1-10-2-4-11(5-3-10)9-17-15(19)13-8-12(18)6-7-14(13)16/h6-8,10-11,18H,2-5,9,16H2,1H3,(H,17,19). The summed E-state index contributed by atoms with van der Waals surface area (Å²) in [6, 6.07) is 4.44. The number of amides is 1. The summed E-state index contributed by atoms with van der Waals surface area (Å²) in [4.78, 5) is 12.0. The second-order valence-corrected chi connectivity index (χ2v) is 5.61. The zero-order valence-electron chi connectivity index (χ0n) is 11.4. The molecule has 104 valence electrons. The van der Waals surface area contributed by atoms with Gasteiger partial charge >= 0.3 is 0 Å². The topological polar surface area (TPSA) is 75.3 Å². The summed E-state index contributed by atoms with van der Waals surface area (Å²) >= 11 is 0. The lowest BCUT2D eigenvalue weighted by Gasteiger charge is -2.26. The molecular weight excluding hydrogens is 240 g/mol. The second kappa shape index (κ2) is 5.95. The Morgan fingerprint density at radius 3 is 2.74 bits per heavy atom. The third-order valence-electron chi connectivity index (χ3n) is 3.97. The van der Waals surface area contributed by atoms with Crippen LogP contribution in [-0.4, -0.2) is 17.6 Å². The van der Waals surface area contributed by atoms with Crippen LogP contribution in [0, 0.1) is 11.8 Å². The number of nitrogens with one attached hydrogen (secondary N) is 1. The van der Waals surface area contributed by atoms with Gasteiger partial charge in [0.25, 0.3) is 5.91 Å². The van der Waals surface area contributed by atoms with Crippen molar-refractivity contribution in [2.75, 3.05) is 12.3 Å². The molecule has 0 aromatic heterocycles. The number of anilines is 1. The Bertz CT molecular complexity index is 451. The maximum atomic E-state index is 12.0. The van der Waals surface area contributed by atoms with Crippen molar-refractivity contribution < 1.29 is 9.90 Å². The summed E-state index contributed by atoms with van der Waals surface area (Å²) in [5.41, 5.74) is 6.49. The monoisotopic (exact) mass is 262 g/mol. The van der Waals surface area contributed by atoms with Gasteiger partial charge in [0.1, 0.15) is 5.75 Å². The van der Waals surface area contributed by atoms with Gasteiger partial charge in [0.05, 0.1) is 5.56 Å². The van der Waals surface area contributed by atoms with E-state index < -0.39 is 0 Å². The van der Waals surface area contributed by atoms with E-state index in [0.717, 1.165) is 5.92 Å². The Balaban J connectivity index is 1.89. The largest absolute Gasteiger partial charge is 0.508 e. The van der Waals surface area contributed by atoms with Crippen LogP contribution in [0.15, 0.2) is 18.2 Å². The zero-order chi connectivity index (χ0) is 13.8. The van der Waals surface area contributed by atoms with Crippen molar-refractivity contribution in [3.63, 3.8) is 0 Å². The highest BCUT2D eigenvalue weighted by atomic mass is 16.3. The first-order chi connectivity index (χ1) is 9.06. The van der Waals surface area contributed by atoms with Gasteiger partial charge in [-0.25, -0.2) is 0 Å². The van der Waals surface area contributed by atoms with E-state index in [4.69, 9.17) is 5.73 Å². The minimum absolute atomic E-state index is 0.0610. The maximum Gasteiger partial charge on any atom is 0.253 e. The number of hydrogen-bond donors (Lipinski definition) is 3. The molecule has 0 unspecified atom stereocenters. The van der Waals surface area contributed by atoms with E-state index in [0.29, 0.717) is 23.7 Å². The molecule has 0 atom stereocenters. The summed E-state index contributed by atoms with van der Waals surface area (Å²) in [5, 5.41) is 12.3. The zero-order valence-corrected chi connectivity index (χ0v) is 11.4. The molecular formula is C15H22N2O2. The fourth-order valence-electron chi connectivity index (χ4n) is 2.61. The second-order valence-electron chi connectivity index (χ2n) is 5.61. The van der Waals surface area contributed by atoms with Crippen molar-refractivity contribution in [2.45, 2.75) is 32.6 Å². The van der Waals surface area contributed by atoms with Crippen molar-refractivity contribution in [3.05, 3.63) is 23.8 Å². The maximum absolute atomic E-state index is 12.0. The van der Waals surface area contributed by atoms with Crippen LogP contribution in [0.25, 0.3) is 0 Å². The molecule has 1 fully saturated rings. The smallest absolute Gasteiger partial charge is 0.253 e. The molecule has 4 heteroatoms. The SMILES string of the molecule is CC1CCC(CNC(=O)c2cc(O)ccc2N)CC1. The molecule has 1 amide bonds. The van der Waals surface area contributed by atoms with E-state index in [1.165, 1.54) is 37.8 Å². The van der Waals surface area contributed by atoms with E-state index in [1.807, 2.05) is 0 Å². The number of aromatic hydroxyl groups is 1. The van der Waals surface area contributed by atoms with Crippen LogP contribution < -0.4 is 11.1 Å². The van der Waals surface area contributed by atoms with Gasteiger partial charge in [-0.3, -0.25) is 4.79 Å². The number of carbonyl (C=O) groups excluding carboxylic acids is 1. The number of nitrogens with two attached hydrogens (primary N) is 1. The fraction of sp³-hybridized carbons (Fsp3) is 0.533. The van der Waals surface area contributed by atoms with Crippen molar-refractivity contribution in [1.82, 2.24) is 5.32 Å². The average molecular weight is 262 g/mol. The lowest BCUT2D eigenvalue weighted by molar-refractivity contribution is 0.0942. The number of carbonyl (C=O) groups is 1. The molecule has 4 N–H and O–H groups in total. The third kappa shape index (κ3) is 3.63. The number of phenols is 1. The third-order valence-corrected chi connectivity index (χ3v) is 3.97. The van der Waals surface area contributed by atoms with Crippen LogP contribution in [-0.2, 0) is 0 Å². The van der Waals surface area contributed by atoms with Gasteiger partial charge in [0, 0.05) is 12.2 Å². The van der Waals surface area contributed by atoms with Crippen molar-refractivity contribution in [2.24, 2.45) is 11.8 Å². The highest BCUT2D eigenvalue weighted by Gasteiger charge is 2.19. The van der Waals surface area contributed by atoms with E-state index in [9.17, 15) is 9.90 Å². The quantitative estimate of drug-likeness (QED) is 0.579.